The number of likely N-dealkylation sites (tertiary alicyclic amines) is 6. The number of esters is 1. The van der Waals surface area contributed by atoms with E-state index >= 15 is 0 Å². The molecule has 8 aliphatic heterocycles. The van der Waals surface area contributed by atoms with Gasteiger partial charge in [0.25, 0.3) is 0 Å². The zero-order valence-corrected chi connectivity index (χ0v) is 89.3. The fourth-order valence-corrected chi connectivity index (χ4v) is 17.2. The molecule has 0 unspecified atom stereocenters. The molecule has 3 radical (unpaired) electrons. The van der Waals surface area contributed by atoms with Crippen molar-refractivity contribution in [3.05, 3.63) is 99.2 Å². The Bertz CT molecular complexity index is 3860. The number of carbonyl (C=O) groups excluding carboxylic acids is 8. The van der Waals surface area contributed by atoms with E-state index in [0.717, 1.165) is 30.9 Å². The van der Waals surface area contributed by atoms with Crippen LogP contribution in [0, 0.1) is 0 Å². The minimum Gasteiger partial charge on any atom is -0.480 e. The number of rotatable bonds is 28. The summed E-state index contributed by atoms with van der Waals surface area (Å²) in [6.45, 7) is 75.0. The first-order valence-electron chi connectivity index (χ1n) is 45.7. The molecule has 0 aromatic heterocycles. The zero-order valence-electron chi connectivity index (χ0n) is 85.3. The van der Waals surface area contributed by atoms with Gasteiger partial charge in [-0.25, -0.2) is 38.4 Å². The topological polar surface area (TPSA) is 478 Å². The third-order valence-corrected chi connectivity index (χ3v) is 43.4. The number of ketones is 1. The van der Waals surface area contributed by atoms with Crippen LogP contribution in [0.2, 0.25) is 72.5 Å². The lowest BCUT2D eigenvalue weighted by Gasteiger charge is -2.37. The van der Waals surface area contributed by atoms with Gasteiger partial charge in [0, 0.05) is 69.2 Å². The summed E-state index contributed by atoms with van der Waals surface area (Å²) in [5, 5.41) is 79.6. The van der Waals surface area contributed by atoms with Gasteiger partial charge in [-0.3, -0.25) is 33.9 Å². The molecule has 8 saturated heterocycles. The highest BCUT2D eigenvalue weighted by atomic mass is 28.4. The van der Waals surface area contributed by atoms with E-state index < -0.39 is 130 Å². The maximum absolute atomic E-state index is 12.2. The van der Waals surface area contributed by atoms with E-state index in [2.05, 4.69) is 209 Å². The largest absolute Gasteiger partial charge is 0.480 e. The first kappa shape index (κ1) is 133. The Labute approximate surface area is 823 Å². The number of carbonyl (C=O) groups is 10. The number of aliphatic hydroxyl groups excluding tert-OH is 6. The second-order valence-corrected chi connectivity index (χ2v) is 59.1. The number of nitrogens with zero attached hydrogens (tertiary/aromatic N) is 6. The minimum absolute atomic E-state index is 0. The van der Waals surface area contributed by atoms with Crippen molar-refractivity contribution in [1.29, 1.82) is 0 Å². The number of allylic oxidation sites excluding steroid dienone is 2. The van der Waals surface area contributed by atoms with Crippen LogP contribution in [0.3, 0.4) is 0 Å². The second kappa shape index (κ2) is 63.0. The number of nitrogens with one attached hydrogen (secondary N) is 2. The van der Waals surface area contributed by atoms with Gasteiger partial charge in [-0.1, -0.05) is 190 Å². The van der Waals surface area contributed by atoms with Crippen LogP contribution in [-0.4, -0.2) is 383 Å². The van der Waals surface area contributed by atoms with Crippen molar-refractivity contribution < 1.29 is 147 Å². The van der Waals surface area contributed by atoms with E-state index in [1.54, 1.807) is 15.9 Å². The number of aliphatic hydroxyl groups is 6. The number of hydrogen-bond donors (Lipinski definition) is 10. The number of β-amino-alcohol motifs (C(OH)–C–C–N with tert-alkyl or cyclic N) is 5. The lowest BCUT2D eigenvalue weighted by molar-refractivity contribution is -0.145. The molecule has 8 aliphatic rings. The van der Waals surface area contributed by atoms with Crippen molar-refractivity contribution in [2.45, 2.75) is 307 Å². The van der Waals surface area contributed by atoms with E-state index in [1.165, 1.54) is 63.3 Å². The number of ether oxygens (including phenoxy) is 7. The van der Waals surface area contributed by atoms with Crippen LogP contribution in [-0.2, 0) is 70.0 Å². The summed E-state index contributed by atoms with van der Waals surface area (Å²) in [5.74, 6) is -2.52. The molecular weight excluding hydrogens is 1850 g/mol. The molecule has 0 aromatic rings. The Morgan fingerprint density at radius 2 is 0.737 bits per heavy atom. The van der Waals surface area contributed by atoms with E-state index in [4.69, 9.17) is 66.6 Å². The van der Waals surface area contributed by atoms with Crippen LogP contribution in [0.25, 0.3) is 0 Å². The number of carboxylic acids is 2. The summed E-state index contributed by atoms with van der Waals surface area (Å²) in [7, 11) is -5.89. The van der Waals surface area contributed by atoms with Crippen LogP contribution < -0.4 is 10.6 Å². The smallest absolute Gasteiger partial charge is 0.410 e. The van der Waals surface area contributed by atoms with Crippen LogP contribution >= 0.6 is 0 Å². The number of hydrogen-bond acceptors (Lipinski definition) is 29. The van der Waals surface area contributed by atoms with Gasteiger partial charge in [0.05, 0.1) is 121 Å². The highest BCUT2D eigenvalue weighted by Crippen LogP contribution is 2.41. The van der Waals surface area contributed by atoms with Crippen LogP contribution in [0.15, 0.2) is 99.2 Å². The molecular formula is C94H175BFN8O29Si4. The lowest BCUT2D eigenvalue weighted by atomic mass is 10.1. The van der Waals surface area contributed by atoms with Gasteiger partial charge < -0.3 is 112 Å². The zero-order chi connectivity index (χ0) is 103. The Kier molecular flexibility index (Phi) is 61.2. The Balaban J connectivity index is -0.000000494. The normalized spacial score (nSPS) is 23.5. The highest BCUT2D eigenvalue weighted by Gasteiger charge is 2.47. The van der Waals surface area contributed by atoms with Gasteiger partial charge in [0.2, 0.25) is 0 Å². The Morgan fingerprint density at radius 3 is 1.06 bits per heavy atom. The predicted octanol–water partition coefficient (Wildman–Crippen LogP) is 12.6. The van der Waals surface area contributed by atoms with E-state index in [1.807, 2.05) is 6.92 Å². The Hall–Kier alpha value is -8.00. The minimum atomic E-state index is -1.89. The van der Waals surface area contributed by atoms with Gasteiger partial charge in [0.1, 0.15) is 57.8 Å². The molecule has 8 fully saturated rings. The molecule has 137 heavy (non-hydrogen) atoms. The number of carboxylic acid groups (broad SMARTS) is 2. The summed E-state index contributed by atoms with van der Waals surface area (Å²) in [4.78, 5) is 123. The monoisotopic (exact) mass is 2020 g/mol. The van der Waals surface area contributed by atoms with Crippen LogP contribution in [0.5, 0.6) is 0 Å². The first-order chi connectivity index (χ1) is 62.1. The van der Waals surface area contributed by atoms with Gasteiger partial charge in [-0.05, 0) is 112 Å². The molecule has 791 valence electrons. The van der Waals surface area contributed by atoms with Gasteiger partial charge in [-0.15, -0.1) is 0 Å². The molecule has 0 bridgehead atoms. The molecule has 43 heteroatoms. The number of Topliss-reactive ketones (excluding diaryl/α,β-unsaturated/α-hetero) is 1. The lowest BCUT2D eigenvalue weighted by Crippen LogP contribution is -2.46. The third-order valence-electron chi connectivity index (χ3n) is 25.4. The average molecular weight is 2020 g/mol. The number of aliphatic carboxylic acids is 2. The molecule has 37 nitrogen and oxygen atoms in total. The maximum atomic E-state index is 12.2. The summed E-state index contributed by atoms with van der Waals surface area (Å²) in [6, 6.07) is -2.38. The first-order valence-corrected chi connectivity index (χ1v) is 57.3. The molecule has 8 rings (SSSR count). The predicted molar refractivity (Wildman–Crippen MR) is 541 cm³/mol. The van der Waals surface area contributed by atoms with E-state index in [0.29, 0.717) is 76.2 Å². The number of methoxy groups -OCH3 is 1. The van der Waals surface area contributed by atoms with Crippen LogP contribution in [0.4, 0.5) is 33.5 Å². The van der Waals surface area contributed by atoms with E-state index in [9.17, 15) is 68.4 Å². The number of amides is 6. The van der Waals surface area contributed by atoms with Gasteiger partial charge >= 0.3 is 54.5 Å². The third kappa shape index (κ3) is 46.1. The fourth-order valence-electron chi connectivity index (χ4n) is 13.0. The van der Waals surface area contributed by atoms with Crippen molar-refractivity contribution in [2.75, 3.05) is 132 Å². The molecule has 8 heterocycles. The molecule has 10 N–H and O–H groups in total. The molecule has 0 spiro atoms. The van der Waals surface area contributed by atoms with Gasteiger partial charge in [0.15, 0.2) is 39.1 Å². The molecule has 6 amide bonds. The van der Waals surface area contributed by atoms with Crippen molar-refractivity contribution in [3.63, 3.8) is 0 Å². The standard InChI is InChI=1S/C17H31NO3Si.C15H29NO4Si.C15H27NO4Si.C13H27NOSi.C10H15NO5.C9H13NO5.C9H15NO4.C5H9NO3.CH4.B.FH.2H2/c1-8-10-20-16(19)18-12-14(9-2)11-15(18)13-21-22(6,7)17(3,4)5;2*1-7-8-19-14(18)16-10-13(17)9-12(16)11-20-21(5,6)15(2,3)4;1-7-11-8-12(14-9-11)10-15-16(5,6)13(2,3)4;1-3-4-16-10(14)11-6-7(12)5-8(11)9(13)15-2;1-2-3-15-9(14)10-5-6(11)4-7(10)8(12)13;1-2-3-14-9(13)10-5-8(12)4-7(10)6-11;7-3-1-4(5(8)9)6-2-3;;;;;/h8-9,15H,1,10-13H2,2-7H3;7,12-13,17H,1,8-11H2,2-6H3;7,12H,1,8-11H2,2-6H3;7,12,14H,8-10H2,1-6H3;3,7-8,12H,1,4-6H2,2H3;2,6-7,11H,1,3-5H2,(H,12,13);2,7-8,11-12H,1,3-6H2;3-4,6-7H,1-2H2,(H,8,9);1H4;;3*1H/t15-;12-,13+;2*12-;7-,8+;6-,7+;7-,8+;3-,4+;;;;;/m00001101...../s1/i;;;;;;;;;;;1+1;. The van der Waals surface area contributed by atoms with Crippen LogP contribution in [0.1, 0.15) is 159 Å². The fraction of sp³-hybridized carbons (Fsp3) is 0.723. The quantitative estimate of drug-likeness (QED) is 0.0150. The second-order valence-electron chi connectivity index (χ2n) is 39.9. The molecule has 0 aliphatic carbocycles. The molecule has 13 atom stereocenters. The maximum Gasteiger partial charge on any atom is 0.410 e. The molecule has 0 aromatic carbocycles. The summed E-state index contributed by atoms with van der Waals surface area (Å²) >= 11 is 0. The highest BCUT2D eigenvalue weighted by molar-refractivity contribution is 6.75. The van der Waals surface area contributed by atoms with Crippen molar-refractivity contribution >= 4 is 102 Å². The van der Waals surface area contributed by atoms with Gasteiger partial charge in [-0.2, -0.15) is 0 Å². The average Bonchev–Trinajstić information content (AvgIpc) is 1.74. The van der Waals surface area contributed by atoms with E-state index in [-0.39, 0.29) is 160 Å². The summed E-state index contributed by atoms with van der Waals surface area (Å²) < 4.78 is 58.9. The van der Waals surface area contributed by atoms with Crippen molar-refractivity contribution in [2.24, 2.45) is 0 Å². The molecule has 0 saturated carbocycles. The summed E-state index contributed by atoms with van der Waals surface area (Å²) in [5.41, 5.74) is 2.78. The summed E-state index contributed by atoms with van der Waals surface area (Å²) in [6.07, 6.45) is 11.0. The van der Waals surface area contributed by atoms with Crippen molar-refractivity contribution in [1.82, 2.24) is 40.0 Å². The van der Waals surface area contributed by atoms with Crippen molar-refractivity contribution in [3.8, 4) is 0 Å². The number of halogens is 1. The Morgan fingerprint density at radius 1 is 0.423 bits per heavy atom. The SMILES string of the molecule is C.C=CCOC(=O)N1CC(=CC)C[C@H]1CO[Si](C)(C)C(C)(C)C.C=CCOC(=O)N1CC(=O)C[C@H]1CO[Si](C)(C)C(C)(C)C.C=CCOC(=O)N1C[C@H](O)C[C@H]1C(=O)O.C=CCOC(=O)N1C[C@H](O)C[C@H]1C(=O)OC.C=CCOC(=O)N1C[C@H](O)C[C@H]1CO.C=CCOC(=O)N1C[C@H](O)C[C@H]1CO[Si](C)(C)C(C)(C)C.CC=C1CN[C@H](CO[Si](C)(C)C(C)(C)C)C1.F.O=C(O)[C@@H]1C[C@@H](O)CN1.[2HH].[B].[HH].